The monoisotopic (exact) mass is 329 g/mol. The summed E-state index contributed by atoms with van der Waals surface area (Å²) in [4.78, 5) is 14.6. The van der Waals surface area contributed by atoms with Gasteiger partial charge >= 0.3 is 0 Å². The van der Waals surface area contributed by atoms with E-state index >= 15 is 0 Å². The number of rotatable bonds is 6. The van der Waals surface area contributed by atoms with Gasteiger partial charge in [0.15, 0.2) is 0 Å². The number of carbonyl (C=O) groups excluding carboxylic acids is 1. The lowest BCUT2D eigenvalue weighted by atomic mass is 10.0. The maximum absolute atomic E-state index is 12.1. The highest BCUT2D eigenvalue weighted by atomic mass is 16.1. The van der Waals surface area contributed by atoms with Gasteiger partial charge in [-0.1, -0.05) is 25.0 Å². The molecule has 3 rings (SSSR count). The SMILES string of the molecule is O=C(CCC1CCNC1)Nc1ccc(CN2CCCCCC2)cc1. The molecule has 1 aromatic rings. The second kappa shape index (κ2) is 9.19. The van der Waals surface area contributed by atoms with Gasteiger partial charge in [0.25, 0.3) is 0 Å². The molecule has 0 bridgehead atoms. The van der Waals surface area contributed by atoms with Crippen LogP contribution in [0.25, 0.3) is 0 Å². The van der Waals surface area contributed by atoms with E-state index in [1.54, 1.807) is 0 Å². The van der Waals surface area contributed by atoms with Crippen LogP contribution in [0.5, 0.6) is 0 Å². The Labute approximate surface area is 146 Å². The third-order valence-corrected chi connectivity index (χ3v) is 5.28. The molecule has 24 heavy (non-hydrogen) atoms. The average Bonchev–Trinajstić information content (AvgIpc) is 2.99. The summed E-state index contributed by atoms with van der Waals surface area (Å²) in [6.45, 7) is 5.63. The standard InChI is InChI=1S/C20H31N3O/c24-20(10-7-17-11-12-21-15-17)22-19-8-5-18(6-9-19)16-23-13-3-1-2-4-14-23/h5-6,8-9,17,21H,1-4,7,10-16H2,(H,22,24). The summed E-state index contributed by atoms with van der Waals surface area (Å²) in [7, 11) is 0. The molecule has 1 amide bonds. The van der Waals surface area contributed by atoms with Gasteiger partial charge in [-0.2, -0.15) is 0 Å². The van der Waals surface area contributed by atoms with E-state index in [9.17, 15) is 4.79 Å². The van der Waals surface area contributed by atoms with E-state index in [1.807, 2.05) is 12.1 Å². The number of benzene rings is 1. The van der Waals surface area contributed by atoms with Crippen molar-refractivity contribution in [2.45, 2.75) is 51.5 Å². The molecule has 0 spiro atoms. The second-order valence-electron chi connectivity index (χ2n) is 7.33. The molecule has 0 aromatic heterocycles. The average molecular weight is 329 g/mol. The van der Waals surface area contributed by atoms with Crippen molar-refractivity contribution in [2.24, 2.45) is 5.92 Å². The summed E-state index contributed by atoms with van der Waals surface area (Å²) in [6.07, 6.45) is 8.22. The van der Waals surface area contributed by atoms with Gasteiger partial charge in [0, 0.05) is 18.7 Å². The van der Waals surface area contributed by atoms with Crippen LogP contribution in [0.2, 0.25) is 0 Å². The van der Waals surface area contributed by atoms with E-state index in [1.165, 1.54) is 50.8 Å². The fourth-order valence-corrected chi connectivity index (χ4v) is 3.77. The maximum Gasteiger partial charge on any atom is 0.224 e. The van der Waals surface area contributed by atoms with E-state index < -0.39 is 0 Å². The number of carbonyl (C=O) groups is 1. The van der Waals surface area contributed by atoms with Crippen LogP contribution in [-0.2, 0) is 11.3 Å². The van der Waals surface area contributed by atoms with Crippen molar-refractivity contribution in [3.63, 3.8) is 0 Å². The molecule has 2 N–H and O–H groups in total. The van der Waals surface area contributed by atoms with Crippen LogP contribution >= 0.6 is 0 Å². The predicted octanol–water partition coefficient (Wildman–Crippen LogP) is 3.39. The molecule has 0 aliphatic carbocycles. The van der Waals surface area contributed by atoms with Gasteiger partial charge in [0.2, 0.25) is 5.91 Å². The summed E-state index contributed by atoms with van der Waals surface area (Å²) in [6, 6.07) is 8.40. The fourth-order valence-electron chi connectivity index (χ4n) is 3.77. The van der Waals surface area contributed by atoms with Gasteiger partial charge in [-0.15, -0.1) is 0 Å². The minimum atomic E-state index is 0.141. The van der Waals surface area contributed by atoms with Crippen LogP contribution in [0, 0.1) is 5.92 Å². The molecule has 4 nitrogen and oxygen atoms in total. The number of nitrogens with one attached hydrogen (secondary N) is 2. The van der Waals surface area contributed by atoms with E-state index in [0.717, 1.165) is 31.7 Å². The normalized spacial score (nSPS) is 22.2. The molecule has 4 heteroatoms. The molecule has 2 aliphatic heterocycles. The molecular formula is C20H31N3O. The Morgan fingerprint density at radius 1 is 1.12 bits per heavy atom. The van der Waals surface area contributed by atoms with E-state index in [0.29, 0.717) is 12.3 Å². The van der Waals surface area contributed by atoms with E-state index in [-0.39, 0.29) is 5.91 Å². The number of anilines is 1. The highest BCUT2D eigenvalue weighted by Crippen LogP contribution is 2.17. The molecule has 2 saturated heterocycles. The van der Waals surface area contributed by atoms with Crippen LogP contribution in [0.15, 0.2) is 24.3 Å². The summed E-state index contributed by atoms with van der Waals surface area (Å²) in [5, 5.41) is 6.39. The first kappa shape index (κ1) is 17.4. The van der Waals surface area contributed by atoms with Crippen LogP contribution in [0.4, 0.5) is 5.69 Å². The van der Waals surface area contributed by atoms with Crippen molar-refractivity contribution in [1.29, 1.82) is 0 Å². The zero-order valence-corrected chi connectivity index (χ0v) is 14.7. The Hall–Kier alpha value is -1.39. The number of hydrogen-bond donors (Lipinski definition) is 2. The Morgan fingerprint density at radius 3 is 2.54 bits per heavy atom. The topological polar surface area (TPSA) is 44.4 Å². The van der Waals surface area contributed by atoms with E-state index in [4.69, 9.17) is 0 Å². The Balaban J connectivity index is 1.42. The highest BCUT2D eigenvalue weighted by Gasteiger charge is 2.15. The van der Waals surface area contributed by atoms with Crippen molar-refractivity contribution in [3.8, 4) is 0 Å². The lowest BCUT2D eigenvalue weighted by molar-refractivity contribution is -0.116. The molecule has 2 fully saturated rings. The summed E-state index contributed by atoms with van der Waals surface area (Å²) >= 11 is 0. The first-order valence-corrected chi connectivity index (χ1v) is 9.61. The minimum Gasteiger partial charge on any atom is -0.326 e. The second-order valence-corrected chi connectivity index (χ2v) is 7.33. The molecule has 2 aliphatic rings. The van der Waals surface area contributed by atoms with Crippen molar-refractivity contribution in [1.82, 2.24) is 10.2 Å². The Bertz CT molecular complexity index is 500. The largest absolute Gasteiger partial charge is 0.326 e. The van der Waals surface area contributed by atoms with Gasteiger partial charge in [0.1, 0.15) is 0 Å². The molecular weight excluding hydrogens is 298 g/mol. The summed E-state index contributed by atoms with van der Waals surface area (Å²) in [5.41, 5.74) is 2.26. The fraction of sp³-hybridized carbons (Fsp3) is 0.650. The predicted molar refractivity (Wildman–Crippen MR) is 99.0 cm³/mol. The molecule has 1 aromatic carbocycles. The number of nitrogens with zero attached hydrogens (tertiary/aromatic N) is 1. The molecule has 0 saturated carbocycles. The van der Waals surface area contributed by atoms with Gasteiger partial charge in [0.05, 0.1) is 0 Å². The molecule has 1 atom stereocenters. The Morgan fingerprint density at radius 2 is 1.88 bits per heavy atom. The molecule has 0 radical (unpaired) electrons. The van der Waals surface area contributed by atoms with Crippen molar-refractivity contribution < 1.29 is 4.79 Å². The zero-order chi connectivity index (χ0) is 16.6. The number of amides is 1. The lowest BCUT2D eigenvalue weighted by Crippen LogP contribution is -2.23. The third kappa shape index (κ3) is 5.60. The zero-order valence-electron chi connectivity index (χ0n) is 14.7. The smallest absolute Gasteiger partial charge is 0.224 e. The van der Waals surface area contributed by atoms with Crippen LogP contribution in [0.1, 0.15) is 50.5 Å². The molecule has 1 unspecified atom stereocenters. The van der Waals surface area contributed by atoms with Gasteiger partial charge in [-0.25, -0.2) is 0 Å². The van der Waals surface area contributed by atoms with Gasteiger partial charge in [-0.3, -0.25) is 9.69 Å². The van der Waals surface area contributed by atoms with Crippen molar-refractivity contribution in [3.05, 3.63) is 29.8 Å². The quantitative estimate of drug-likeness (QED) is 0.841. The minimum absolute atomic E-state index is 0.141. The summed E-state index contributed by atoms with van der Waals surface area (Å²) in [5.74, 6) is 0.814. The van der Waals surface area contributed by atoms with Crippen LogP contribution in [0.3, 0.4) is 0 Å². The first-order chi connectivity index (χ1) is 11.8. The lowest BCUT2D eigenvalue weighted by Gasteiger charge is -2.19. The van der Waals surface area contributed by atoms with Gasteiger partial charge in [-0.05, 0) is 75.5 Å². The number of likely N-dealkylation sites (tertiary alicyclic amines) is 1. The first-order valence-electron chi connectivity index (χ1n) is 9.61. The van der Waals surface area contributed by atoms with Crippen molar-refractivity contribution >= 4 is 11.6 Å². The van der Waals surface area contributed by atoms with Gasteiger partial charge < -0.3 is 10.6 Å². The summed E-state index contributed by atoms with van der Waals surface area (Å²) < 4.78 is 0. The van der Waals surface area contributed by atoms with E-state index in [2.05, 4.69) is 27.7 Å². The highest BCUT2D eigenvalue weighted by molar-refractivity contribution is 5.90. The molecule has 132 valence electrons. The van der Waals surface area contributed by atoms with Crippen LogP contribution in [-0.4, -0.2) is 37.0 Å². The molecule has 2 heterocycles. The third-order valence-electron chi connectivity index (χ3n) is 5.28. The van der Waals surface area contributed by atoms with Crippen LogP contribution < -0.4 is 10.6 Å². The maximum atomic E-state index is 12.1. The van der Waals surface area contributed by atoms with Crippen molar-refractivity contribution in [2.75, 3.05) is 31.5 Å². The number of hydrogen-bond acceptors (Lipinski definition) is 3. The Kier molecular flexibility index (Phi) is 6.67.